The van der Waals surface area contributed by atoms with Gasteiger partial charge in [0.25, 0.3) is 0 Å². The Balaban J connectivity index is 1.56. The van der Waals surface area contributed by atoms with Crippen molar-refractivity contribution in [1.82, 2.24) is 4.73 Å². The molecule has 0 N–H and O–H groups in total. The summed E-state index contributed by atoms with van der Waals surface area (Å²) in [6, 6.07) is 24.1. The van der Waals surface area contributed by atoms with E-state index >= 15 is 0 Å². The molecule has 0 unspecified atom stereocenters. The van der Waals surface area contributed by atoms with Crippen LogP contribution in [0.25, 0.3) is 0 Å². The van der Waals surface area contributed by atoms with E-state index in [-0.39, 0.29) is 5.97 Å². The third-order valence-electron chi connectivity index (χ3n) is 4.17. The van der Waals surface area contributed by atoms with Crippen LogP contribution in [0, 0.1) is 4.64 Å². The van der Waals surface area contributed by atoms with Gasteiger partial charge in [0.05, 0.1) is 0 Å². The van der Waals surface area contributed by atoms with Gasteiger partial charge in [0.1, 0.15) is 4.64 Å². The molecule has 0 aliphatic rings. The van der Waals surface area contributed by atoms with Crippen molar-refractivity contribution in [3.05, 3.63) is 100 Å². The molecule has 0 atom stereocenters. The zero-order valence-corrected chi connectivity index (χ0v) is 15.3. The Morgan fingerprint density at radius 3 is 2.35 bits per heavy atom. The van der Waals surface area contributed by atoms with Crippen molar-refractivity contribution in [3.63, 3.8) is 0 Å². The van der Waals surface area contributed by atoms with Gasteiger partial charge < -0.3 is 4.84 Å². The SMILES string of the molecule is O=C(CCCc1ccccc1Cc1ccccc1)On1ccccc1=S. The minimum Gasteiger partial charge on any atom is -0.336 e. The molecular weight excluding hydrogens is 342 g/mol. The highest BCUT2D eigenvalue weighted by molar-refractivity contribution is 7.71. The maximum Gasteiger partial charge on any atom is 0.332 e. The fourth-order valence-corrected chi connectivity index (χ4v) is 3.03. The molecule has 26 heavy (non-hydrogen) atoms. The Labute approximate surface area is 158 Å². The van der Waals surface area contributed by atoms with Gasteiger partial charge >= 0.3 is 5.97 Å². The molecule has 0 saturated carbocycles. The quantitative estimate of drug-likeness (QED) is 0.566. The van der Waals surface area contributed by atoms with Crippen LogP contribution in [0.15, 0.2) is 79.0 Å². The van der Waals surface area contributed by atoms with Gasteiger partial charge in [-0.1, -0.05) is 72.9 Å². The van der Waals surface area contributed by atoms with E-state index in [0.717, 1.165) is 19.3 Å². The predicted molar refractivity (Wildman–Crippen MR) is 105 cm³/mol. The van der Waals surface area contributed by atoms with E-state index in [1.54, 1.807) is 18.3 Å². The van der Waals surface area contributed by atoms with Gasteiger partial charge in [-0.15, -0.1) is 0 Å². The number of nitrogens with zero attached hydrogens (tertiary/aromatic N) is 1. The molecule has 2 aromatic carbocycles. The first-order chi connectivity index (χ1) is 12.7. The zero-order chi connectivity index (χ0) is 18.2. The normalized spacial score (nSPS) is 10.5. The summed E-state index contributed by atoms with van der Waals surface area (Å²) in [5.41, 5.74) is 3.87. The summed E-state index contributed by atoms with van der Waals surface area (Å²) in [5.74, 6) is -0.271. The van der Waals surface area contributed by atoms with E-state index in [0.29, 0.717) is 11.1 Å². The summed E-state index contributed by atoms with van der Waals surface area (Å²) in [7, 11) is 0. The monoisotopic (exact) mass is 363 g/mol. The molecule has 3 aromatic rings. The molecule has 0 bridgehead atoms. The van der Waals surface area contributed by atoms with E-state index in [9.17, 15) is 4.79 Å². The highest BCUT2D eigenvalue weighted by Crippen LogP contribution is 2.16. The lowest BCUT2D eigenvalue weighted by Gasteiger charge is -2.10. The maximum atomic E-state index is 12.0. The molecule has 0 spiro atoms. The summed E-state index contributed by atoms with van der Waals surface area (Å²) >= 11 is 5.12. The average molecular weight is 363 g/mol. The summed E-state index contributed by atoms with van der Waals surface area (Å²) in [5, 5.41) is 0. The van der Waals surface area contributed by atoms with Gasteiger partial charge in [0.2, 0.25) is 0 Å². The van der Waals surface area contributed by atoms with Gasteiger partial charge in [-0.25, -0.2) is 4.79 Å². The molecule has 1 heterocycles. The van der Waals surface area contributed by atoms with Crippen LogP contribution in [-0.4, -0.2) is 10.7 Å². The van der Waals surface area contributed by atoms with E-state index in [2.05, 4.69) is 42.5 Å². The summed E-state index contributed by atoms with van der Waals surface area (Å²) < 4.78 is 1.81. The second kappa shape index (κ2) is 9.11. The van der Waals surface area contributed by atoms with Gasteiger partial charge in [-0.3, -0.25) is 0 Å². The first kappa shape index (κ1) is 18.1. The number of hydrogen-bond donors (Lipinski definition) is 0. The second-order valence-corrected chi connectivity index (χ2v) is 6.53. The minimum atomic E-state index is -0.271. The molecule has 4 heteroatoms. The standard InChI is InChI=1S/C22H21NO2S/c24-22(25-23-16-7-6-14-21(23)26)15-8-13-19-11-4-5-12-20(19)17-18-9-2-1-3-10-18/h1-7,9-12,14,16H,8,13,15,17H2. The van der Waals surface area contributed by atoms with Crippen LogP contribution in [0.3, 0.4) is 0 Å². The van der Waals surface area contributed by atoms with Crippen LogP contribution in [0.4, 0.5) is 0 Å². The van der Waals surface area contributed by atoms with Crippen molar-refractivity contribution in [2.75, 3.05) is 0 Å². The summed E-state index contributed by atoms with van der Waals surface area (Å²) in [6.07, 6.45) is 4.50. The lowest BCUT2D eigenvalue weighted by molar-refractivity contribution is -0.144. The number of carbonyl (C=O) groups is 1. The van der Waals surface area contributed by atoms with Crippen molar-refractivity contribution >= 4 is 18.2 Å². The highest BCUT2D eigenvalue weighted by atomic mass is 32.1. The first-order valence-corrected chi connectivity index (χ1v) is 9.13. The Bertz CT molecular complexity index is 918. The molecule has 0 amide bonds. The molecule has 132 valence electrons. The Morgan fingerprint density at radius 1 is 0.885 bits per heavy atom. The Kier molecular flexibility index (Phi) is 6.34. The second-order valence-electron chi connectivity index (χ2n) is 6.11. The van der Waals surface area contributed by atoms with E-state index in [4.69, 9.17) is 17.1 Å². The molecule has 0 aliphatic heterocycles. The minimum absolute atomic E-state index is 0.271. The number of rotatable bonds is 7. The van der Waals surface area contributed by atoms with Gasteiger partial charge in [-0.05, 0) is 48.1 Å². The van der Waals surface area contributed by atoms with Crippen molar-refractivity contribution in [2.45, 2.75) is 25.7 Å². The van der Waals surface area contributed by atoms with E-state index in [1.807, 2.05) is 18.2 Å². The molecule has 1 aromatic heterocycles. The smallest absolute Gasteiger partial charge is 0.332 e. The number of pyridine rings is 1. The topological polar surface area (TPSA) is 31.2 Å². The van der Waals surface area contributed by atoms with Crippen molar-refractivity contribution < 1.29 is 9.63 Å². The van der Waals surface area contributed by atoms with Crippen LogP contribution in [0.1, 0.15) is 29.5 Å². The molecule has 0 fully saturated rings. The molecule has 0 aliphatic carbocycles. The molecular formula is C22H21NO2S. The number of benzene rings is 2. The molecule has 3 rings (SSSR count). The van der Waals surface area contributed by atoms with Gasteiger partial charge in [-0.2, -0.15) is 4.73 Å². The maximum absolute atomic E-state index is 12.0. The fraction of sp³-hybridized carbons (Fsp3) is 0.182. The van der Waals surface area contributed by atoms with E-state index in [1.165, 1.54) is 21.4 Å². The number of carbonyl (C=O) groups excluding carboxylic acids is 1. The lowest BCUT2D eigenvalue weighted by atomic mass is 9.96. The molecule has 3 nitrogen and oxygen atoms in total. The highest BCUT2D eigenvalue weighted by Gasteiger charge is 2.07. The predicted octanol–water partition coefficient (Wildman–Crippen LogP) is 4.79. The van der Waals surface area contributed by atoms with Crippen molar-refractivity contribution in [1.29, 1.82) is 0 Å². The van der Waals surface area contributed by atoms with Crippen molar-refractivity contribution in [3.8, 4) is 0 Å². The van der Waals surface area contributed by atoms with E-state index < -0.39 is 0 Å². The Morgan fingerprint density at radius 2 is 1.58 bits per heavy atom. The first-order valence-electron chi connectivity index (χ1n) is 8.72. The van der Waals surface area contributed by atoms with Gasteiger partial charge in [0.15, 0.2) is 0 Å². The third kappa shape index (κ3) is 5.14. The summed E-state index contributed by atoms with van der Waals surface area (Å²) in [6.45, 7) is 0. The number of aromatic nitrogens is 1. The average Bonchev–Trinajstić information content (AvgIpc) is 2.66. The Hall–Kier alpha value is -2.72. The van der Waals surface area contributed by atoms with Gasteiger partial charge in [0, 0.05) is 12.6 Å². The lowest BCUT2D eigenvalue weighted by Crippen LogP contribution is -2.20. The number of hydrogen-bond acceptors (Lipinski definition) is 3. The molecule has 0 saturated heterocycles. The summed E-state index contributed by atoms with van der Waals surface area (Å²) in [4.78, 5) is 17.3. The van der Waals surface area contributed by atoms with Crippen molar-refractivity contribution in [2.24, 2.45) is 0 Å². The fourth-order valence-electron chi connectivity index (χ4n) is 2.86. The van der Waals surface area contributed by atoms with Crippen LogP contribution < -0.4 is 4.84 Å². The van der Waals surface area contributed by atoms with Crippen LogP contribution in [0.2, 0.25) is 0 Å². The zero-order valence-electron chi connectivity index (χ0n) is 14.5. The number of aryl methyl sites for hydroxylation is 1. The molecule has 0 radical (unpaired) electrons. The van der Waals surface area contributed by atoms with Crippen LogP contribution >= 0.6 is 12.2 Å². The van der Waals surface area contributed by atoms with Crippen LogP contribution in [0.5, 0.6) is 0 Å². The third-order valence-corrected chi connectivity index (χ3v) is 4.49. The largest absolute Gasteiger partial charge is 0.336 e. The van der Waals surface area contributed by atoms with Crippen LogP contribution in [-0.2, 0) is 17.6 Å².